The predicted octanol–water partition coefficient (Wildman–Crippen LogP) is 3.87. The van der Waals surface area contributed by atoms with Crippen LogP contribution in [-0.4, -0.2) is 32.7 Å². The van der Waals surface area contributed by atoms with Crippen LogP contribution in [0.2, 0.25) is 0 Å². The molecule has 4 nitrogen and oxygen atoms in total. The molecule has 1 saturated heterocycles. The van der Waals surface area contributed by atoms with Gasteiger partial charge in [-0.2, -0.15) is 0 Å². The lowest BCUT2D eigenvalue weighted by Gasteiger charge is -2.29. The number of amidine groups is 1. The van der Waals surface area contributed by atoms with E-state index in [1.165, 1.54) is 12.0 Å². The molecule has 1 heterocycles. The zero-order chi connectivity index (χ0) is 15.7. The van der Waals surface area contributed by atoms with E-state index in [1.807, 2.05) is 31.2 Å². The molecule has 0 spiro atoms. The molecule has 22 heavy (non-hydrogen) atoms. The van der Waals surface area contributed by atoms with Gasteiger partial charge in [0.15, 0.2) is 10.8 Å². The minimum Gasteiger partial charge on any atom is -0.282 e. The summed E-state index contributed by atoms with van der Waals surface area (Å²) in [5, 5.41) is 8.23. The number of carbonyl (C=O) groups excluding carboxylic acids is 1. The van der Waals surface area contributed by atoms with Gasteiger partial charge in [-0.3, -0.25) is 15.2 Å². The van der Waals surface area contributed by atoms with Crippen LogP contribution < -0.4 is 0 Å². The van der Waals surface area contributed by atoms with Crippen molar-refractivity contribution in [2.24, 2.45) is 0 Å². The van der Waals surface area contributed by atoms with E-state index < -0.39 is 0 Å². The second-order valence-electron chi connectivity index (χ2n) is 6.17. The lowest BCUT2D eigenvalue weighted by atomic mass is 9.94. The number of aryl methyl sites for hydroxylation is 1. The van der Waals surface area contributed by atoms with Crippen molar-refractivity contribution < 1.29 is 4.79 Å². The Morgan fingerprint density at radius 3 is 2.45 bits per heavy atom. The van der Waals surface area contributed by atoms with Crippen molar-refractivity contribution in [3.63, 3.8) is 0 Å². The maximum atomic E-state index is 12.7. The Labute approximate surface area is 136 Å². The topological polar surface area (TPSA) is 47.4 Å². The van der Waals surface area contributed by atoms with E-state index in [1.54, 1.807) is 9.80 Å². The van der Waals surface area contributed by atoms with Gasteiger partial charge in [0.05, 0.1) is 6.54 Å². The van der Waals surface area contributed by atoms with Crippen molar-refractivity contribution in [1.82, 2.24) is 9.80 Å². The molecular weight excluding hydrogens is 294 g/mol. The van der Waals surface area contributed by atoms with E-state index in [0.717, 1.165) is 31.2 Å². The number of nitrogens with zero attached hydrogens (tertiary/aromatic N) is 2. The van der Waals surface area contributed by atoms with Gasteiger partial charge in [0.2, 0.25) is 0 Å². The molecule has 116 valence electrons. The Morgan fingerprint density at radius 2 is 1.82 bits per heavy atom. The average Bonchev–Trinajstić information content (AvgIpc) is 2.74. The molecule has 0 atom stereocenters. The van der Waals surface area contributed by atoms with E-state index in [4.69, 9.17) is 17.6 Å². The smallest absolute Gasteiger partial charge is 0.282 e. The summed E-state index contributed by atoms with van der Waals surface area (Å²) in [7, 11) is 0. The molecule has 0 bridgehead atoms. The van der Waals surface area contributed by atoms with Crippen LogP contribution in [0.1, 0.15) is 43.2 Å². The summed E-state index contributed by atoms with van der Waals surface area (Å²) in [6.07, 6.45) is 5.45. The molecule has 1 aliphatic heterocycles. The minimum atomic E-state index is -0.123. The number of urea groups is 1. The number of hydrogen-bond donors (Lipinski definition) is 1. The van der Waals surface area contributed by atoms with Crippen LogP contribution in [0.5, 0.6) is 0 Å². The molecule has 3 rings (SSSR count). The van der Waals surface area contributed by atoms with Crippen molar-refractivity contribution in [3.05, 3.63) is 35.4 Å². The van der Waals surface area contributed by atoms with Crippen molar-refractivity contribution in [1.29, 1.82) is 5.41 Å². The van der Waals surface area contributed by atoms with Crippen LogP contribution >= 0.6 is 12.2 Å². The minimum absolute atomic E-state index is 0.123. The fourth-order valence-electron chi connectivity index (χ4n) is 3.24. The largest absolute Gasteiger partial charge is 0.331 e. The summed E-state index contributed by atoms with van der Waals surface area (Å²) in [5.74, 6) is 0.207. The maximum Gasteiger partial charge on any atom is 0.331 e. The van der Waals surface area contributed by atoms with Gasteiger partial charge in [-0.25, -0.2) is 4.79 Å². The first-order valence-corrected chi connectivity index (χ1v) is 8.28. The first-order chi connectivity index (χ1) is 10.6. The third-order valence-electron chi connectivity index (χ3n) is 4.53. The lowest BCUT2D eigenvalue weighted by Crippen LogP contribution is -2.42. The highest BCUT2D eigenvalue weighted by Gasteiger charge is 2.42. The highest BCUT2D eigenvalue weighted by molar-refractivity contribution is 7.82. The number of amides is 2. The summed E-state index contributed by atoms with van der Waals surface area (Å²) in [6.45, 7) is 2.49. The SMILES string of the molecule is Cc1ccc(CN2C(=O)N(C3CCCCC3)C(=N)C2=S)cc1. The van der Waals surface area contributed by atoms with Crippen LogP contribution in [0.4, 0.5) is 4.79 Å². The zero-order valence-electron chi connectivity index (χ0n) is 12.8. The molecule has 5 heteroatoms. The third-order valence-corrected chi connectivity index (χ3v) is 4.94. The van der Waals surface area contributed by atoms with E-state index in [0.29, 0.717) is 11.5 Å². The number of thiocarbonyl (C=S) groups is 1. The van der Waals surface area contributed by atoms with Gasteiger partial charge in [0, 0.05) is 6.04 Å². The first-order valence-electron chi connectivity index (χ1n) is 7.87. The highest BCUT2D eigenvalue weighted by Crippen LogP contribution is 2.28. The van der Waals surface area contributed by atoms with Crippen molar-refractivity contribution >= 4 is 29.1 Å². The molecular formula is C17H21N3OS. The van der Waals surface area contributed by atoms with Gasteiger partial charge >= 0.3 is 6.03 Å². The maximum absolute atomic E-state index is 12.7. The average molecular weight is 315 g/mol. The van der Waals surface area contributed by atoms with Crippen molar-refractivity contribution in [2.45, 2.75) is 51.6 Å². The van der Waals surface area contributed by atoms with Gasteiger partial charge in [0.1, 0.15) is 0 Å². The number of benzene rings is 1. The number of hydrogen-bond acceptors (Lipinski definition) is 3. The monoisotopic (exact) mass is 315 g/mol. The van der Waals surface area contributed by atoms with Gasteiger partial charge < -0.3 is 0 Å². The molecule has 1 aliphatic carbocycles. The summed E-state index contributed by atoms with van der Waals surface area (Å²) < 4.78 is 0. The highest BCUT2D eigenvalue weighted by atomic mass is 32.1. The van der Waals surface area contributed by atoms with Gasteiger partial charge in [0.25, 0.3) is 0 Å². The Morgan fingerprint density at radius 1 is 1.18 bits per heavy atom. The summed E-state index contributed by atoms with van der Waals surface area (Å²) in [4.78, 5) is 16.3. The van der Waals surface area contributed by atoms with Crippen molar-refractivity contribution in [2.75, 3.05) is 0 Å². The van der Waals surface area contributed by atoms with E-state index in [2.05, 4.69) is 0 Å². The van der Waals surface area contributed by atoms with E-state index in [9.17, 15) is 4.79 Å². The molecule has 1 N–H and O–H groups in total. The lowest BCUT2D eigenvalue weighted by molar-refractivity contribution is 0.182. The Bertz CT molecular complexity index is 605. The second kappa shape index (κ2) is 6.16. The van der Waals surface area contributed by atoms with Crippen LogP contribution in [0.25, 0.3) is 0 Å². The molecule has 0 unspecified atom stereocenters. The summed E-state index contributed by atoms with van der Waals surface area (Å²) in [5.41, 5.74) is 2.23. The van der Waals surface area contributed by atoms with Crippen LogP contribution in [-0.2, 0) is 6.54 Å². The van der Waals surface area contributed by atoms with Gasteiger partial charge in [-0.15, -0.1) is 0 Å². The fraction of sp³-hybridized carbons (Fsp3) is 0.471. The van der Waals surface area contributed by atoms with Crippen LogP contribution in [0, 0.1) is 12.3 Å². The summed E-state index contributed by atoms with van der Waals surface area (Å²) in [6, 6.07) is 8.11. The van der Waals surface area contributed by atoms with Gasteiger partial charge in [-0.05, 0) is 25.3 Å². The molecule has 2 amide bonds. The van der Waals surface area contributed by atoms with E-state index in [-0.39, 0.29) is 17.9 Å². The van der Waals surface area contributed by atoms with Crippen molar-refractivity contribution in [3.8, 4) is 0 Å². The quantitative estimate of drug-likeness (QED) is 0.861. The van der Waals surface area contributed by atoms with Crippen LogP contribution in [0.3, 0.4) is 0 Å². The molecule has 0 radical (unpaired) electrons. The summed E-state index contributed by atoms with van der Waals surface area (Å²) >= 11 is 5.35. The Kier molecular flexibility index (Phi) is 4.25. The molecule has 1 saturated carbocycles. The Balaban J connectivity index is 1.77. The molecule has 0 aromatic heterocycles. The second-order valence-corrected chi connectivity index (χ2v) is 6.56. The third kappa shape index (κ3) is 2.77. The standard InChI is InChI=1S/C17H21N3OS/c1-12-7-9-13(10-8-12)11-19-16(22)15(18)20(17(19)21)14-5-3-2-4-6-14/h7-10,14,18H,2-6,11H2,1H3. The number of carbonyl (C=O) groups is 1. The Hall–Kier alpha value is -1.75. The predicted molar refractivity (Wildman–Crippen MR) is 91.2 cm³/mol. The number of rotatable bonds is 3. The zero-order valence-corrected chi connectivity index (χ0v) is 13.7. The fourth-order valence-corrected chi connectivity index (χ4v) is 3.48. The van der Waals surface area contributed by atoms with E-state index >= 15 is 0 Å². The number of nitrogens with one attached hydrogen (secondary N) is 1. The molecule has 1 aromatic carbocycles. The molecule has 2 fully saturated rings. The normalized spacial score (nSPS) is 20.1. The van der Waals surface area contributed by atoms with Crippen LogP contribution in [0.15, 0.2) is 24.3 Å². The van der Waals surface area contributed by atoms with Gasteiger partial charge in [-0.1, -0.05) is 61.3 Å². The first kappa shape index (κ1) is 15.2. The molecule has 1 aromatic rings. The molecule has 2 aliphatic rings.